The number of carbonyl (C=O) groups is 2. The zero-order chi connectivity index (χ0) is 23.9. The van der Waals surface area contributed by atoms with Gasteiger partial charge in [0.15, 0.2) is 0 Å². The molecule has 3 fully saturated rings. The standard InChI is InChI=1S/C24H25F3N4O2/c1-2-17-7-10-20(13-28)30(17)23(33)21(29)15-11-18-8-9-19(12-15)31(18)22(32)14-3-5-16(6-4-14)24(25,26)27/h1,3-6,15,17-21H,7-12,29H2/t15?,17-,18?,19?,20-,21-/m0/s1. The van der Waals surface area contributed by atoms with E-state index < -0.39 is 29.9 Å². The number of nitrogens with two attached hydrogens (primary N) is 1. The van der Waals surface area contributed by atoms with Gasteiger partial charge in [-0.3, -0.25) is 9.59 Å². The average Bonchev–Trinajstić information content (AvgIpc) is 3.34. The van der Waals surface area contributed by atoms with Gasteiger partial charge in [-0.2, -0.15) is 18.4 Å². The van der Waals surface area contributed by atoms with Gasteiger partial charge >= 0.3 is 6.18 Å². The van der Waals surface area contributed by atoms with E-state index in [1.807, 2.05) is 0 Å². The Hall–Kier alpha value is -3.04. The lowest BCUT2D eigenvalue weighted by Crippen LogP contribution is -2.56. The SMILES string of the molecule is C#C[C@H]1CC[C@@H](C#N)N1C(=O)[C@@H](N)C1CC2CCC(C1)N2C(=O)c1ccc(C(F)(F)F)cc1. The van der Waals surface area contributed by atoms with Crippen molar-refractivity contribution in [1.82, 2.24) is 9.80 Å². The summed E-state index contributed by atoms with van der Waals surface area (Å²) in [6.07, 6.45) is 4.75. The first kappa shape index (κ1) is 23.1. The quantitative estimate of drug-likeness (QED) is 0.706. The third-order valence-electron chi connectivity index (χ3n) is 7.24. The fourth-order valence-corrected chi connectivity index (χ4v) is 5.58. The lowest BCUT2D eigenvalue weighted by Gasteiger charge is -2.41. The third-order valence-corrected chi connectivity index (χ3v) is 7.24. The van der Waals surface area contributed by atoms with Crippen LogP contribution in [0, 0.1) is 29.6 Å². The molecule has 0 saturated carbocycles. The molecular formula is C24H25F3N4O2. The number of alkyl halides is 3. The molecular weight excluding hydrogens is 433 g/mol. The third kappa shape index (κ3) is 4.18. The van der Waals surface area contributed by atoms with Crippen molar-refractivity contribution in [2.45, 2.75) is 74.9 Å². The van der Waals surface area contributed by atoms with Gasteiger partial charge < -0.3 is 15.5 Å². The molecule has 2 amide bonds. The maximum Gasteiger partial charge on any atom is 0.416 e. The number of halogens is 3. The van der Waals surface area contributed by atoms with E-state index in [4.69, 9.17) is 12.2 Å². The molecule has 2 unspecified atom stereocenters. The number of terminal acetylenes is 1. The monoisotopic (exact) mass is 458 g/mol. The molecule has 0 spiro atoms. The molecule has 2 N–H and O–H groups in total. The molecule has 3 aliphatic heterocycles. The predicted octanol–water partition coefficient (Wildman–Crippen LogP) is 2.93. The number of carbonyl (C=O) groups excluding carboxylic acids is 2. The Morgan fingerprint density at radius 1 is 1.03 bits per heavy atom. The number of fused-ring (bicyclic) bond motifs is 2. The van der Waals surface area contributed by atoms with E-state index in [2.05, 4.69) is 12.0 Å². The van der Waals surface area contributed by atoms with Gasteiger partial charge in [-0.1, -0.05) is 5.92 Å². The molecule has 0 radical (unpaired) electrons. The summed E-state index contributed by atoms with van der Waals surface area (Å²) in [6, 6.07) is 4.29. The maximum atomic E-state index is 13.1. The number of nitriles is 1. The number of hydrogen-bond acceptors (Lipinski definition) is 4. The Morgan fingerprint density at radius 3 is 2.12 bits per heavy atom. The molecule has 5 atom stereocenters. The van der Waals surface area contributed by atoms with Crippen LogP contribution in [-0.2, 0) is 11.0 Å². The average molecular weight is 458 g/mol. The number of rotatable bonds is 3. The molecule has 1 aromatic carbocycles. The molecule has 1 aromatic rings. The largest absolute Gasteiger partial charge is 0.416 e. The lowest BCUT2D eigenvalue weighted by atomic mass is 9.84. The van der Waals surface area contributed by atoms with E-state index in [0.717, 1.165) is 25.0 Å². The van der Waals surface area contributed by atoms with Gasteiger partial charge in [-0.15, -0.1) is 6.42 Å². The maximum absolute atomic E-state index is 13.1. The van der Waals surface area contributed by atoms with Crippen molar-refractivity contribution in [3.63, 3.8) is 0 Å². The van der Waals surface area contributed by atoms with Gasteiger partial charge in [0.25, 0.3) is 5.91 Å². The summed E-state index contributed by atoms with van der Waals surface area (Å²) in [4.78, 5) is 29.4. The Labute approximate surface area is 190 Å². The summed E-state index contributed by atoms with van der Waals surface area (Å²) in [5, 5.41) is 9.39. The molecule has 4 rings (SSSR count). The highest BCUT2D eigenvalue weighted by Crippen LogP contribution is 2.41. The van der Waals surface area contributed by atoms with Crippen molar-refractivity contribution in [1.29, 1.82) is 5.26 Å². The highest BCUT2D eigenvalue weighted by Gasteiger charge is 2.48. The highest BCUT2D eigenvalue weighted by molar-refractivity contribution is 5.95. The molecule has 6 nitrogen and oxygen atoms in total. The van der Waals surface area contributed by atoms with Crippen LogP contribution in [0.15, 0.2) is 24.3 Å². The minimum atomic E-state index is -4.46. The Morgan fingerprint density at radius 2 is 1.61 bits per heavy atom. The fourth-order valence-electron chi connectivity index (χ4n) is 5.58. The number of amides is 2. The summed E-state index contributed by atoms with van der Waals surface area (Å²) in [5.74, 6) is 1.79. The summed E-state index contributed by atoms with van der Waals surface area (Å²) in [5.41, 5.74) is 5.78. The molecule has 3 heterocycles. The number of likely N-dealkylation sites (tertiary alicyclic amines) is 1. The fraction of sp³-hybridized carbons (Fsp3) is 0.542. The van der Waals surface area contributed by atoms with Crippen LogP contribution in [0.4, 0.5) is 13.2 Å². The zero-order valence-corrected chi connectivity index (χ0v) is 18.0. The Balaban J connectivity index is 1.46. The van der Waals surface area contributed by atoms with Crippen LogP contribution in [0.2, 0.25) is 0 Å². The predicted molar refractivity (Wildman–Crippen MR) is 113 cm³/mol. The topological polar surface area (TPSA) is 90.4 Å². The van der Waals surface area contributed by atoms with Gasteiger partial charge in [0.05, 0.1) is 23.7 Å². The van der Waals surface area contributed by atoms with Crippen LogP contribution >= 0.6 is 0 Å². The molecule has 3 aliphatic rings. The van der Waals surface area contributed by atoms with Gasteiger partial charge in [0.1, 0.15) is 6.04 Å². The summed E-state index contributed by atoms with van der Waals surface area (Å²) < 4.78 is 38.5. The van der Waals surface area contributed by atoms with E-state index in [1.54, 1.807) is 4.90 Å². The minimum absolute atomic E-state index is 0.129. The Bertz CT molecular complexity index is 975. The van der Waals surface area contributed by atoms with Gasteiger partial charge in [0, 0.05) is 17.6 Å². The first-order valence-corrected chi connectivity index (χ1v) is 11.1. The van der Waals surface area contributed by atoms with Crippen molar-refractivity contribution < 1.29 is 22.8 Å². The first-order chi connectivity index (χ1) is 15.7. The molecule has 174 valence electrons. The summed E-state index contributed by atoms with van der Waals surface area (Å²) >= 11 is 0. The number of benzene rings is 1. The number of nitrogens with zero attached hydrogens (tertiary/aromatic N) is 3. The van der Waals surface area contributed by atoms with Crippen molar-refractivity contribution in [2.75, 3.05) is 0 Å². The van der Waals surface area contributed by atoms with Crippen LogP contribution in [0.3, 0.4) is 0 Å². The highest BCUT2D eigenvalue weighted by atomic mass is 19.4. The van der Waals surface area contributed by atoms with Crippen molar-refractivity contribution in [3.05, 3.63) is 35.4 Å². The minimum Gasteiger partial charge on any atom is -0.333 e. The number of piperidine rings is 1. The molecule has 33 heavy (non-hydrogen) atoms. The molecule has 0 aliphatic carbocycles. The van der Waals surface area contributed by atoms with Crippen molar-refractivity contribution in [3.8, 4) is 18.4 Å². The normalized spacial score (nSPS) is 29.9. The van der Waals surface area contributed by atoms with Gasteiger partial charge in [-0.25, -0.2) is 0 Å². The van der Waals surface area contributed by atoms with E-state index >= 15 is 0 Å². The Kier molecular flexibility index (Phi) is 6.11. The van der Waals surface area contributed by atoms with Gasteiger partial charge in [-0.05, 0) is 68.7 Å². The van der Waals surface area contributed by atoms with Crippen LogP contribution < -0.4 is 5.73 Å². The second-order valence-corrected chi connectivity index (χ2v) is 9.08. The first-order valence-electron chi connectivity index (χ1n) is 11.1. The van der Waals surface area contributed by atoms with Crippen LogP contribution in [0.25, 0.3) is 0 Å². The summed E-state index contributed by atoms with van der Waals surface area (Å²) in [7, 11) is 0. The van der Waals surface area contributed by atoms with E-state index in [1.165, 1.54) is 17.0 Å². The van der Waals surface area contributed by atoms with E-state index in [0.29, 0.717) is 25.7 Å². The van der Waals surface area contributed by atoms with E-state index in [-0.39, 0.29) is 35.4 Å². The van der Waals surface area contributed by atoms with Gasteiger partial charge in [0.2, 0.25) is 5.91 Å². The molecule has 2 bridgehead atoms. The lowest BCUT2D eigenvalue weighted by molar-refractivity contribution is -0.137. The molecule has 0 aromatic heterocycles. The molecule has 3 saturated heterocycles. The molecule has 9 heteroatoms. The van der Waals surface area contributed by atoms with Crippen molar-refractivity contribution >= 4 is 11.8 Å². The van der Waals surface area contributed by atoms with Crippen LogP contribution in [0.5, 0.6) is 0 Å². The van der Waals surface area contributed by atoms with Crippen molar-refractivity contribution in [2.24, 2.45) is 11.7 Å². The zero-order valence-electron chi connectivity index (χ0n) is 18.0. The second-order valence-electron chi connectivity index (χ2n) is 9.08. The van der Waals surface area contributed by atoms with E-state index in [9.17, 15) is 28.0 Å². The van der Waals surface area contributed by atoms with Crippen LogP contribution in [0.1, 0.15) is 54.4 Å². The number of hydrogen-bond donors (Lipinski definition) is 1. The summed E-state index contributed by atoms with van der Waals surface area (Å²) in [6.45, 7) is 0. The second kappa shape index (κ2) is 8.72. The van der Waals surface area contributed by atoms with Crippen LogP contribution in [-0.4, -0.2) is 51.8 Å². The smallest absolute Gasteiger partial charge is 0.333 e.